The summed E-state index contributed by atoms with van der Waals surface area (Å²) in [6.07, 6.45) is 4.54. The Bertz CT molecular complexity index is 1130. The summed E-state index contributed by atoms with van der Waals surface area (Å²) in [5, 5.41) is 18.5. The largest absolute Gasteiger partial charge is 0.489 e. The second-order valence-electron chi connectivity index (χ2n) is 8.34. The van der Waals surface area contributed by atoms with Crippen molar-refractivity contribution in [1.82, 2.24) is 4.98 Å². The number of benzene rings is 2. The van der Waals surface area contributed by atoms with E-state index >= 15 is 0 Å². The number of carbonyl (C=O) groups is 1. The fraction of sp³-hybridized carbons (Fsp3) is 0.296. The van der Waals surface area contributed by atoms with Crippen LogP contribution < -0.4 is 4.74 Å². The van der Waals surface area contributed by atoms with E-state index in [0.717, 1.165) is 53.0 Å². The zero-order chi connectivity index (χ0) is 22.6. The maximum absolute atomic E-state index is 11.1. The summed E-state index contributed by atoms with van der Waals surface area (Å²) < 4.78 is 6.01. The predicted molar refractivity (Wildman–Crippen MR) is 122 cm³/mol. The minimum Gasteiger partial charge on any atom is -0.489 e. The van der Waals surface area contributed by atoms with Gasteiger partial charge in [0.1, 0.15) is 12.4 Å². The highest BCUT2D eigenvalue weighted by Gasteiger charge is 2.44. The number of pyridine rings is 1. The van der Waals surface area contributed by atoms with Gasteiger partial charge >= 0.3 is 5.97 Å². The number of aliphatic carboxylic acids is 1. The third-order valence-electron chi connectivity index (χ3n) is 6.23. The van der Waals surface area contributed by atoms with Crippen LogP contribution in [0, 0.1) is 11.3 Å². The Balaban J connectivity index is 1.46. The summed E-state index contributed by atoms with van der Waals surface area (Å²) in [7, 11) is 0. The van der Waals surface area contributed by atoms with Gasteiger partial charge in [0.05, 0.1) is 23.6 Å². The lowest BCUT2D eigenvalue weighted by Crippen LogP contribution is -2.05. The number of ether oxygens (including phenoxy) is 1. The average molecular weight is 427 g/mol. The molecule has 3 aromatic rings. The molecule has 162 valence electrons. The van der Waals surface area contributed by atoms with Crippen molar-refractivity contribution in [2.24, 2.45) is 0 Å². The van der Waals surface area contributed by atoms with Gasteiger partial charge in [-0.05, 0) is 54.5 Å². The van der Waals surface area contributed by atoms with Crippen LogP contribution in [0.15, 0.2) is 66.9 Å². The highest BCUT2D eigenvalue weighted by Crippen LogP contribution is 2.47. The molecule has 4 rings (SSSR count). The van der Waals surface area contributed by atoms with Crippen LogP contribution >= 0.6 is 0 Å². The van der Waals surface area contributed by atoms with Crippen LogP contribution in [0.25, 0.3) is 11.3 Å². The molecule has 1 N–H and O–H groups in total. The highest BCUT2D eigenvalue weighted by atomic mass is 16.5. The number of carboxylic acid groups (broad SMARTS) is 1. The van der Waals surface area contributed by atoms with E-state index in [4.69, 9.17) is 9.84 Å². The molecule has 1 unspecified atom stereocenters. The van der Waals surface area contributed by atoms with Crippen molar-refractivity contribution in [3.05, 3.63) is 83.6 Å². The second-order valence-corrected chi connectivity index (χ2v) is 8.34. The molecule has 5 heteroatoms. The molecule has 1 fully saturated rings. The monoisotopic (exact) mass is 426 g/mol. The standard InChI is InChI=1S/C27H26N2O3/c1-2-19(16-25(30)31)20-7-11-24(12-8-20)32-17-22-4-3-15-29-26(22)21-5-9-23(10-6-21)27(18-28)13-14-27/h3-12,15,19H,2,13-14,16-17H2,1H3,(H,30,31). The van der Waals surface area contributed by atoms with Crippen LogP contribution in [-0.4, -0.2) is 16.1 Å². The minimum absolute atomic E-state index is 0.00487. The molecule has 0 aliphatic heterocycles. The van der Waals surface area contributed by atoms with Crippen molar-refractivity contribution < 1.29 is 14.6 Å². The van der Waals surface area contributed by atoms with E-state index in [9.17, 15) is 10.1 Å². The van der Waals surface area contributed by atoms with E-state index in [1.807, 2.05) is 67.6 Å². The van der Waals surface area contributed by atoms with Crippen LogP contribution in [0.5, 0.6) is 5.75 Å². The van der Waals surface area contributed by atoms with Crippen molar-refractivity contribution in [2.45, 2.75) is 50.5 Å². The fourth-order valence-corrected chi connectivity index (χ4v) is 4.06. The highest BCUT2D eigenvalue weighted by molar-refractivity contribution is 5.68. The van der Waals surface area contributed by atoms with Crippen molar-refractivity contribution in [2.75, 3.05) is 0 Å². The molecular formula is C27H26N2O3. The molecule has 1 aromatic heterocycles. The number of nitriles is 1. The molecule has 1 atom stereocenters. The molecule has 32 heavy (non-hydrogen) atoms. The Hall–Kier alpha value is -3.65. The van der Waals surface area contributed by atoms with Crippen molar-refractivity contribution in [3.8, 4) is 23.1 Å². The Labute approximate surface area is 188 Å². The third-order valence-corrected chi connectivity index (χ3v) is 6.23. The number of carboxylic acids is 1. The first-order valence-electron chi connectivity index (χ1n) is 11.0. The lowest BCUT2D eigenvalue weighted by molar-refractivity contribution is -0.137. The van der Waals surface area contributed by atoms with Gasteiger partial charge < -0.3 is 9.84 Å². The fourth-order valence-electron chi connectivity index (χ4n) is 4.06. The van der Waals surface area contributed by atoms with Gasteiger partial charge in [-0.1, -0.05) is 49.4 Å². The molecule has 2 aromatic carbocycles. The number of hydrogen-bond acceptors (Lipinski definition) is 4. The summed E-state index contributed by atoms with van der Waals surface area (Å²) in [4.78, 5) is 15.6. The van der Waals surface area contributed by atoms with E-state index < -0.39 is 5.97 Å². The van der Waals surface area contributed by atoms with Crippen LogP contribution in [0.1, 0.15) is 55.2 Å². The van der Waals surface area contributed by atoms with E-state index in [1.54, 1.807) is 6.20 Å². The summed E-state index contributed by atoms with van der Waals surface area (Å²) in [5.74, 6) is -0.0479. The van der Waals surface area contributed by atoms with E-state index in [0.29, 0.717) is 6.61 Å². The van der Waals surface area contributed by atoms with E-state index in [2.05, 4.69) is 11.1 Å². The van der Waals surface area contributed by atoms with E-state index in [1.165, 1.54) is 0 Å². The molecule has 0 bridgehead atoms. The molecule has 1 saturated carbocycles. The maximum Gasteiger partial charge on any atom is 0.303 e. The first-order valence-corrected chi connectivity index (χ1v) is 11.0. The number of hydrogen-bond donors (Lipinski definition) is 1. The first kappa shape index (κ1) is 21.6. The quantitative estimate of drug-likeness (QED) is 0.464. The molecule has 0 saturated heterocycles. The number of nitrogens with zero attached hydrogens (tertiary/aromatic N) is 2. The molecular weight excluding hydrogens is 400 g/mol. The molecule has 0 radical (unpaired) electrons. The zero-order valence-electron chi connectivity index (χ0n) is 18.1. The third kappa shape index (κ3) is 4.65. The summed E-state index contributed by atoms with van der Waals surface area (Å²) in [6.45, 7) is 2.37. The molecule has 1 aliphatic carbocycles. The Morgan fingerprint density at radius 2 is 1.88 bits per heavy atom. The molecule has 0 amide bonds. The minimum atomic E-state index is -0.783. The topological polar surface area (TPSA) is 83.2 Å². The van der Waals surface area contributed by atoms with Crippen LogP contribution in [-0.2, 0) is 16.8 Å². The van der Waals surface area contributed by atoms with Crippen molar-refractivity contribution in [1.29, 1.82) is 5.26 Å². The molecule has 5 nitrogen and oxygen atoms in total. The number of aromatic nitrogens is 1. The smallest absolute Gasteiger partial charge is 0.303 e. The normalized spacial score (nSPS) is 14.9. The van der Waals surface area contributed by atoms with E-state index in [-0.39, 0.29) is 17.8 Å². The van der Waals surface area contributed by atoms with Gasteiger partial charge in [-0.2, -0.15) is 5.26 Å². The molecule has 1 aliphatic rings. The summed E-state index contributed by atoms with van der Waals surface area (Å²) >= 11 is 0. The molecule has 1 heterocycles. The Kier molecular flexibility index (Phi) is 6.23. The van der Waals surface area contributed by atoms with Gasteiger partial charge in [0.2, 0.25) is 0 Å². The van der Waals surface area contributed by atoms with Gasteiger partial charge in [0, 0.05) is 17.3 Å². The van der Waals surface area contributed by atoms with Crippen LogP contribution in [0.4, 0.5) is 0 Å². The second kappa shape index (κ2) is 9.23. The maximum atomic E-state index is 11.1. The lowest BCUT2D eigenvalue weighted by atomic mass is 9.93. The lowest BCUT2D eigenvalue weighted by Gasteiger charge is -2.14. The van der Waals surface area contributed by atoms with Gasteiger partial charge in [0.15, 0.2) is 0 Å². The summed E-state index contributed by atoms with van der Waals surface area (Å²) in [5.41, 5.74) is 4.63. The number of rotatable bonds is 9. The van der Waals surface area contributed by atoms with Gasteiger partial charge in [-0.3, -0.25) is 9.78 Å². The predicted octanol–water partition coefficient (Wildman–Crippen LogP) is 5.85. The summed E-state index contributed by atoms with van der Waals surface area (Å²) in [6, 6.07) is 22.1. The zero-order valence-corrected chi connectivity index (χ0v) is 18.1. The SMILES string of the molecule is CCC(CC(=O)O)c1ccc(OCc2cccnc2-c2ccc(C3(C#N)CC3)cc2)cc1. The van der Waals surface area contributed by atoms with Gasteiger partial charge in [-0.25, -0.2) is 0 Å². The van der Waals surface area contributed by atoms with Crippen LogP contribution in [0.2, 0.25) is 0 Å². The Morgan fingerprint density at radius 1 is 1.16 bits per heavy atom. The van der Waals surface area contributed by atoms with Gasteiger partial charge in [0.25, 0.3) is 0 Å². The van der Waals surface area contributed by atoms with Crippen LogP contribution in [0.3, 0.4) is 0 Å². The first-order chi connectivity index (χ1) is 15.5. The van der Waals surface area contributed by atoms with Gasteiger partial charge in [-0.15, -0.1) is 0 Å². The Morgan fingerprint density at radius 3 is 2.47 bits per heavy atom. The van der Waals surface area contributed by atoms with Crippen molar-refractivity contribution in [3.63, 3.8) is 0 Å². The molecule has 0 spiro atoms. The van der Waals surface area contributed by atoms with Crippen molar-refractivity contribution >= 4 is 5.97 Å². The average Bonchev–Trinajstić information content (AvgIpc) is 3.63.